The van der Waals surface area contributed by atoms with Crippen molar-refractivity contribution in [3.63, 3.8) is 0 Å². The molecule has 1 aromatic heterocycles. The summed E-state index contributed by atoms with van der Waals surface area (Å²) >= 11 is 3.33. The Hall–Kier alpha value is -0.480. The lowest BCUT2D eigenvalue weighted by Gasteiger charge is -2.02. The lowest BCUT2D eigenvalue weighted by atomic mass is 10.5. The molecule has 0 radical (unpaired) electrons. The maximum absolute atomic E-state index is 4.11. The molecule has 46 valence electrons. The second-order valence-corrected chi connectivity index (χ2v) is 3.59. The number of thiophene rings is 1. The van der Waals surface area contributed by atoms with Gasteiger partial charge in [-0.3, -0.25) is 0 Å². The highest BCUT2D eigenvalue weighted by molar-refractivity contribution is 8.00. The van der Waals surface area contributed by atoms with Crippen molar-refractivity contribution >= 4 is 35.3 Å². The van der Waals surface area contributed by atoms with Gasteiger partial charge in [-0.25, -0.2) is 4.99 Å². The summed E-state index contributed by atoms with van der Waals surface area (Å²) in [5, 5.41) is 2.04. The SMILES string of the molecule is C1=Nc2ccsc2SN1. The molecule has 0 unspecified atom stereocenters. The van der Waals surface area contributed by atoms with Crippen LogP contribution in [0.1, 0.15) is 0 Å². The van der Waals surface area contributed by atoms with E-state index in [-0.39, 0.29) is 0 Å². The highest BCUT2D eigenvalue weighted by Crippen LogP contribution is 2.34. The summed E-state index contributed by atoms with van der Waals surface area (Å²) in [6.07, 6.45) is 1.71. The van der Waals surface area contributed by atoms with Crippen LogP contribution in [0.5, 0.6) is 0 Å². The summed E-state index contributed by atoms with van der Waals surface area (Å²) in [7, 11) is 0. The van der Waals surface area contributed by atoms with Crippen molar-refractivity contribution in [3.05, 3.63) is 11.4 Å². The Morgan fingerprint density at radius 1 is 1.56 bits per heavy atom. The Bertz CT molecular complexity index is 241. The quantitative estimate of drug-likeness (QED) is 0.581. The van der Waals surface area contributed by atoms with Gasteiger partial charge in [-0.2, -0.15) is 0 Å². The second-order valence-electron chi connectivity index (χ2n) is 1.57. The van der Waals surface area contributed by atoms with Crippen molar-refractivity contribution in [3.8, 4) is 0 Å². The predicted octanol–water partition coefficient (Wildman–Crippen LogP) is 2.02. The Morgan fingerprint density at radius 2 is 2.56 bits per heavy atom. The molecule has 0 aromatic carbocycles. The molecule has 2 nitrogen and oxygen atoms in total. The molecule has 1 aliphatic heterocycles. The number of nitrogens with zero attached hydrogens (tertiary/aromatic N) is 1. The molecule has 0 aliphatic carbocycles. The first-order valence-corrected chi connectivity index (χ1v) is 4.19. The lowest BCUT2D eigenvalue weighted by Crippen LogP contribution is -2.00. The predicted molar refractivity (Wildman–Crippen MR) is 41.5 cm³/mol. The maximum atomic E-state index is 4.11. The number of hydrogen-bond donors (Lipinski definition) is 1. The number of hydrogen-bond acceptors (Lipinski definition) is 4. The summed E-state index contributed by atoms with van der Waals surface area (Å²) in [5.41, 5.74) is 1.09. The average molecular weight is 156 g/mol. The van der Waals surface area contributed by atoms with E-state index in [1.54, 1.807) is 29.6 Å². The van der Waals surface area contributed by atoms with Crippen molar-refractivity contribution < 1.29 is 0 Å². The first kappa shape index (κ1) is 5.32. The van der Waals surface area contributed by atoms with E-state index < -0.39 is 0 Å². The highest BCUT2D eigenvalue weighted by Gasteiger charge is 2.05. The van der Waals surface area contributed by atoms with Crippen molar-refractivity contribution in [2.45, 2.75) is 4.21 Å². The highest BCUT2D eigenvalue weighted by atomic mass is 32.2. The number of aliphatic imine (C=N–C) groups is 1. The Balaban J connectivity index is 2.53. The zero-order chi connectivity index (χ0) is 6.10. The smallest absolute Gasteiger partial charge is 0.107 e. The van der Waals surface area contributed by atoms with E-state index in [0.717, 1.165) is 5.69 Å². The molecule has 0 spiro atoms. The van der Waals surface area contributed by atoms with Crippen LogP contribution in [0.4, 0.5) is 5.69 Å². The van der Waals surface area contributed by atoms with Gasteiger partial charge in [-0.05, 0) is 23.4 Å². The standard InChI is InChI=1S/C5H4N2S2/c1-2-8-5-4(1)6-3-7-9-5/h1-3H,(H,6,7). The van der Waals surface area contributed by atoms with Crippen molar-refractivity contribution in [1.82, 2.24) is 4.72 Å². The Labute approximate surface area is 61.1 Å². The van der Waals surface area contributed by atoms with Gasteiger partial charge >= 0.3 is 0 Å². The molecule has 1 N–H and O–H groups in total. The van der Waals surface area contributed by atoms with E-state index in [9.17, 15) is 0 Å². The van der Waals surface area contributed by atoms with Crippen LogP contribution in [0.3, 0.4) is 0 Å². The van der Waals surface area contributed by atoms with Crippen LogP contribution in [-0.4, -0.2) is 6.34 Å². The van der Waals surface area contributed by atoms with Crippen molar-refractivity contribution in [2.75, 3.05) is 0 Å². The molecule has 1 aromatic rings. The monoisotopic (exact) mass is 156 g/mol. The summed E-state index contributed by atoms with van der Waals surface area (Å²) in [4.78, 5) is 4.11. The molecule has 0 atom stereocenters. The topological polar surface area (TPSA) is 24.4 Å². The van der Waals surface area contributed by atoms with Gasteiger partial charge in [0.2, 0.25) is 0 Å². The summed E-state index contributed by atoms with van der Waals surface area (Å²) < 4.78 is 4.21. The van der Waals surface area contributed by atoms with Crippen LogP contribution in [0.2, 0.25) is 0 Å². The summed E-state index contributed by atoms with van der Waals surface area (Å²) in [6.45, 7) is 0. The molecule has 0 bridgehead atoms. The van der Waals surface area contributed by atoms with Crippen molar-refractivity contribution in [1.29, 1.82) is 0 Å². The fourth-order valence-electron chi connectivity index (χ4n) is 0.637. The molecule has 0 fully saturated rings. The molecule has 9 heavy (non-hydrogen) atoms. The minimum absolute atomic E-state index is 1.09. The third-order valence-corrected chi connectivity index (χ3v) is 2.87. The van der Waals surface area contributed by atoms with Gasteiger partial charge in [0.1, 0.15) is 4.21 Å². The zero-order valence-corrected chi connectivity index (χ0v) is 6.13. The van der Waals surface area contributed by atoms with E-state index in [1.165, 1.54) is 4.21 Å². The van der Waals surface area contributed by atoms with Crippen molar-refractivity contribution in [2.24, 2.45) is 4.99 Å². The van der Waals surface area contributed by atoms with E-state index in [1.807, 2.05) is 11.4 Å². The normalized spacial score (nSPS) is 14.7. The van der Waals surface area contributed by atoms with Gasteiger partial charge in [0.25, 0.3) is 0 Å². The minimum Gasteiger partial charge on any atom is -0.316 e. The Morgan fingerprint density at radius 3 is 3.44 bits per heavy atom. The fourth-order valence-corrected chi connectivity index (χ4v) is 2.14. The van der Waals surface area contributed by atoms with Crippen LogP contribution in [-0.2, 0) is 0 Å². The van der Waals surface area contributed by atoms with Gasteiger partial charge in [0.15, 0.2) is 0 Å². The van der Waals surface area contributed by atoms with E-state index in [2.05, 4.69) is 9.71 Å². The summed E-state index contributed by atoms with van der Waals surface area (Å²) in [5.74, 6) is 0. The van der Waals surface area contributed by atoms with Gasteiger partial charge < -0.3 is 4.72 Å². The summed E-state index contributed by atoms with van der Waals surface area (Å²) in [6, 6.07) is 2.02. The molecule has 0 saturated heterocycles. The van der Waals surface area contributed by atoms with Gasteiger partial charge in [0, 0.05) is 0 Å². The maximum Gasteiger partial charge on any atom is 0.107 e. The van der Waals surface area contributed by atoms with E-state index >= 15 is 0 Å². The first-order chi connectivity index (χ1) is 4.47. The van der Waals surface area contributed by atoms with Gasteiger partial charge in [0.05, 0.1) is 12.0 Å². The van der Waals surface area contributed by atoms with Gasteiger partial charge in [-0.15, -0.1) is 11.3 Å². The Kier molecular flexibility index (Phi) is 1.20. The molecule has 0 saturated carbocycles. The fraction of sp³-hybridized carbons (Fsp3) is 0. The van der Waals surface area contributed by atoms with Crippen LogP contribution in [0, 0.1) is 0 Å². The van der Waals surface area contributed by atoms with E-state index in [4.69, 9.17) is 0 Å². The number of nitrogens with one attached hydrogen (secondary N) is 1. The lowest BCUT2D eigenvalue weighted by molar-refractivity contribution is 1.40. The first-order valence-electron chi connectivity index (χ1n) is 2.49. The van der Waals surface area contributed by atoms with Crippen LogP contribution in [0.15, 0.2) is 20.6 Å². The third kappa shape index (κ3) is 0.840. The van der Waals surface area contributed by atoms with Crippen LogP contribution < -0.4 is 4.72 Å². The molecule has 2 rings (SSSR count). The minimum atomic E-state index is 1.09. The number of fused-ring (bicyclic) bond motifs is 1. The molecular weight excluding hydrogens is 152 g/mol. The third-order valence-electron chi connectivity index (χ3n) is 1.02. The molecule has 0 amide bonds. The van der Waals surface area contributed by atoms with Crippen LogP contribution >= 0.6 is 23.3 Å². The van der Waals surface area contributed by atoms with E-state index in [0.29, 0.717) is 0 Å². The molecule has 4 heteroatoms. The molecule has 2 heterocycles. The van der Waals surface area contributed by atoms with Crippen LogP contribution in [0.25, 0.3) is 0 Å². The molecular formula is C5H4N2S2. The van der Waals surface area contributed by atoms with Gasteiger partial charge in [-0.1, -0.05) is 0 Å². The number of rotatable bonds is 0. The largest absolute Gasteiger partial charge is 0.316 e. The molecule has 1 aliphatic rings. The zero-order valence-electron chi connectivity index (χ0n) is 4.50. The average Bonchev–Trinajstić information content (AvgIpc) is 2.33. The second kappa shape index (κ2) is 2.04.